The Bertz CT molecular complexity index is 658. The van der Waals surface area contributed by atoms with Crippen molar-refractivity contribution in [3.63, 3.8) is 0 Å². The van der Waals surface area contributed by atoms with Crippen molar-refractivity contribution >= 4 is 12.4 Å². The molecule has 4 heteroatoms. The molecule has 1 aliphatic rings. The third kappa shape index (κ3) is 4.36. The van der Waals surface area contributed by atoms with Crippen molar-refractivity contribution in [1.82, 2.24) is 5.32 Å². The SMILES string of the molecule is Cl.N#Cc1ccc(CNCC2(c3ccccc3)CCOCC2)cc1. The van der Waals surface area contributed by atoms with E-state index in [0.29, 0.717) is 5.56 Å². The molecule has 0 bridgehead atoms. The predicted octanol–water partition coefficient (Wildman–Crippen LogP) is 3.82. The van der Waals surface area contributed by atoms with Gasteiger partial charge in [0.1, 0.15) is 0 Å². The number of hydrogen-bond donors (Lipinski definition) is 1. The second-order valence-corrected chi connectivity index (χ2v) is 6.17. The summed E-state index contributed by atoms with van der Waals surface area (Å²) in [5.41, 5.74) is 3.47. The van der Waals surface area contributed by atoms with E-state index in [-0.39, 0.29) is 17.8 Å². The minimum absolute atomic E-state index is 0. The van der Waals surface area contributed by atoms with E-state index in [4.69, 9.17) is 10.00 Å². The maximum atomic E-state index is 8.86. The number of nitriles is 1. The van der Waals surface area contributed by atoms with Gasteiger partial charge in [-0.3, -0.25) is 0 Å². The van der Waals surface area contributed by atoms with Crippen molar-refractivity contribution < 1.29 is 4.74 Å². The van der Waals surface area contributed by atoms with Crippen molar-refractivity contribution in [2.75, 3.05) is 19.8 Å². The Balaban J connectivity index is 0.00000208. The lowest BCUT2D eigenvalue weighted by Gasteiger charge is -2.38. The summed E-state index contributed by atoms with van der Waals surface area (Å²) in [6, 6.07) is 20.7. The lowest BCUT2D eigenvalue weighted by atomic mass is 9.74. The molecular formula is C20H23ClN2O. The van der Waals surface area contributed by atoms with Crippen LogP contribution in [0.5, 0.6) is 0 Å². The Morgan fingerprint density at radius 1 is 1.00 bits per heavy atom. The summed E-state index contributed by atoms with van der Waals surface area (Å²) in [5.74, 6) is 0. The Kier molecular flexibility index (Phi) is 6.81. The third-order valence-corrected chi connectivity index (χ3v) is 4.71. The van der Waals surface area contributed by atoms with Gasteiger partial charge in [0.15, 0.2) is 0 Å². The van der Waals surface area contributed by atoms with Gasteiger partial charge in [-0.05, 0) is 36.1 Å². The Morgan fingerprint density at radius 3 is 2.29 bits per heavy atom. The van der Waals surface area contributed by atoms with Crippen LogP contribution < -0.4 is 5.32 Å². The molecule has 0 unspecified atom stereocenters. The van der Waals surface area contributed by atoms with Gasteiger partial charge >= 0.3 is 0 Å². The fourth-order valence-corrected chi connectivity index (χ4v) is 3.26. The molecule has 0 aliphatic carbocycles. The summed E-state index contributed by atoms with van der Waals surface area (Å²) in [6.07, 6.45) is 2.11. The topological polar surface area (TPSA) is 45.0 Å². The fraction of sp³-hybridized carbons (Fsp3) is 0.350. The average molecular weight is 343 g/mol. The lowest BCUT2D eigenvalue weighted by Crippen LogP contribution is -2.42. The highest BCUT2D eigenvalue weighted by molar-refractivity contribution is 5.85. The zero-order chi connectivity index (χ0) is 16.0. The highest BCUT2D eigenvalue weighted by atomic mass is 35.5. The predicted molar refractivity (Wildman–Crippen MR) is 98.3 cm³/mol. The quantitative estimate of drug-likeness (QED) is 0.898. The molecule has 2 aromatic carbocycles. The summed E-state index contributed by atoms with van der Waals surface area (Å²) in [5, 5.41) is 12.5. The second-order valence-electron chi connectivity index (χ2n) is 6.17. The maximum absolute atomic E-state index is 8.86. The van der Waals surface area contributed by atoms with Crippen LogP contribution in [0.2, 0.25) is 0 Å². The minimum atomic E-state index is 0. The summed E-state index contributed by atoms with van der Waals surface area (Å²) in [7, 11) is 0. The number of halogens is 1. The normalized spacial score (nSPS) is 16.0. The van der Waals surface area contributed by atoms with Crippen LogP contribution in [0.15, 0.2) is 54.6 Å². The Labute approximate surface area is 150 Å². The number of ether oxygens (including phenoxy) is 1. The van der Waals surface area contributed by atoms with E-state index in [2.05, 4.69) is 41.7 Å². The number of benzene rings is 2. The van der Waals surface area contributed by atoms with Gasteiger partial charge in [-0.15, -0.1) is 12.4 Å². The minimum Gasteiger partial charge on any atom is -0.381 e. The first kappa shape index (κ1) is 18.5. The van der Waals surface area contributed by atoms with E-state index in [0.717, 1.165) is 39.1 Å². The van der Waals surface area contributed by atoms with Gasteiger partial charge in [0.25, 0.3) is 0 Å². The van der Waals surface area contributed by atoms with Crippen molar-refractivity contribution in [1.29, 1.82) is 5.26 Å². The highest BCUT2D eigenvalue weighted by Crippen LogP contribution is 2.34. The summed E-state index contributed by atoms with van der Waals surface area (Å²) in [6.45, 7) is 3.42. The maximum Gasteiger partial charge on any atom is 0.0991 e. The lowest BCUT2D eigenvalue weighted by molar-refractivity contribution is 0.0498. The van der Waals surface area contributed by atoms with Crippen LogP contribution in [0, 0.1) is 11.3 Å². The van der Waals surface area contributed by atoms with Crippen molar-refractivity contribution in [3.8, 4) is 6.07 Å². The number of hydrogen-bond acceptors (Lipinski definition) is 3. The first-order valence-electron chi connectivity index (χ1n) is 8.15. The standard InChI is InChI=1S/C20H22N2O.ClH/c21-14-17-6-8-18(9-7-17)15-22-16-20(10-12-23-13-11-20)19-4-2-1-3-5-19;/h1-9,22H,10-13,15-16H2;1H. The van der Waals surface area contributed by atoms with E-state index >= 15 is 0 Å². The van der Waals surface area contributed by atoms with E-state index in [9.17, 15) is 0 Å². The molecule has 0 saturated carbocycles. The van der Waals surface area contributed by atoms with E-state index in [1.807, 2.05) is 24.3 Å². The van der Waals surface area contributed by atoms with E-state index in [1.165, 1.54) is 11.1 Å². The molecule has 0 aromatic heterocycles. The highest BCUT2D eigenvalue weighted by Gasteiger charge is 2.33. The summed E-state index contributed by atoms with van der Waals surface area (Å²) in [4.78, 5) is 0. The van der Waals surface area contributed by atoms with Crippen molar-refractivity contribution in [3.05, 3.63) is 71.3 Å². The molecule has 1 saturated heterocycles. The molecule has 1 N–H and O–H groups in total. The molecular weight excluding hydrogens is 320 g/mol. The van der Waals surface area contributed by atoms with Crippen LogP contribution >= 0.6 is 12.4 Å². The number of rotatable bonds is 5. The van der Waals surface area contributed by atoms with Crippen LogP contribution in [0.4, 0.5) is 0 Å². The zero-order valence-corrected chi connectivity index (χ0v) is 14.5. The van der Waals surface area contributed by atoms with Crippen molar-refractivity contribution in [2.24, 2.45) is 0 Å². The van der Waals surface area contributed by atoms with Gasteiger partial charge in [0.2, 0.25) is 0 Å². The molecule has 24 heavy (non-hydrogen) atoms. The summed E-state index contributed by atoms with van der Waals surface area (Å²) < 4.78 is 5.58. The molecule has 1 heterocycles. The molecule has 3 rings (SSSR count). The van der Waals surface area contributed by atoms with Crippen LogP contribution in [0.25, 0.3) is 0 Å². The van der Waals surface area contributed by atoms with Gasteiger partial charge in [-0.2, -0.15) is 5.26 Å². The molecule has 2 aromatic rings. The zero-order valence-electron chi connectivity index (χ0n) is 13.7. The molecule has 1 aliphatic heterocycles. The molecule has 0 spiro atoms. The largest absolute Gasteiger partial charge is 0.381 e. The second kappa shape index (κ2) is 8.84. The van der Waals surface area contributed by atoms with Crippen LogP contribution in [-0.2, 0) is 16.7 Å². The molecule has 1 fully saturated rings. The Hall–Kier alpha value is -1.86. The number of nitrogens with one attached hydrogen (secondary N) is 1. The number of nitrogens with zero attached hydrogens (tertiary/aromatic N) is 1. The van der Waals surface area contributed by atoms with Gasteiger partial charge in [0, 0.05) is 31.7 Å². The molecule has 3 nitrogen and oxygen atoms in total. The van der Waals surface area contributed by atoms with Gasteiger partial charge in [-0.1, -0.05) is 42.5 Å². The smallest absolute Gasteiger partial charge is 0.0991 e. The van der Waals surface area contributed by atoms with Crippen LogP contribution in [0.3, 0.4) is 0 Å². The summed E-state index contributed by atoms with van der Waals surface area (Å²) >= 11 is 0. The monoisotopic (exact) mass is 342 g/mol. The fourth-order valence-electron chi connectivity index (χ4n) is 3.26. The molecule has 0 radical (unpaired) electrons. The average Bonchev–Trinajstić information content (AvgIpc) is 2.64. The van der Waals surface area contributed by atoms with E-state index < -0.39 is 0 Å². The molecule has 0 atom stereocenters. The van der Waals surface area contributed by atoms with Gasteiger partial charge < -0.3 is 10.1 Å². The molecule has 0 amide bonds. The third-order valence-electron chi connectivity index (χ3n) is 4.71. The van der Waals surface area contributed by atoms with Gasteiger partial charge in [0.05, 0.1) is 11.6 Å². The first-order chi connectivity index (χ1) is 11.3. The van der Waals surface area contributed by atoms with E-state index in [1.54, 1.807) is 0 Å². The van der Waals surface area contributed by atoms with Gasteiger partial charge in [-0.25, -0.2) is 0 Å². The van der Waals surface area contributed by atoms with Crippen LogP contribution in [-0.4, -0.2) is 19.8 Å². The first-order valence-corrected chi connectivity index (χ1v) is 8.15. The molecule has 126 valence electrons. The Morgan fingerprint density at radius 2 is 1.67 bits per heavy atom. The van der Waals surface area contributed by atoms with Crippen molar-refractivity contribution in [2.45, 2.75) is 24.8 Å². The van der Waals surface area contributed by atoms with Crippen LogP contribution in [0.1, 0.15) is 29.5 Å².